The largest absolute Gasteiger partial charge is 0.0988 e. The van der Waals surface area contributed by atoms with E-state index in [1.807, 2.05) is 19.9 Å². The van der Waals surface area contributed by atoms with Gasteiger partial charge in [0, 0.05) is 0 Å². The third kappa shape index (κ3) is 24.7. The lowest BCUT2D eigenvalue weighted by Gasteiger charge is -1.98. The number of rotatable bonds is 5. The van der Waals surface area contributed by atoms with E-state index >= 15 is 0 Å². The summed E-state index contributed by atoms with van der Waals surface area (Å²) in [6.45, 7) is 16.3. The van der Waals surface area contributed by atoms with E-state index in [1.165, 1.54) is 37.7 Å². The molecule has 0 aromatic carbocycles. The lowest BCUT2D eigenvalue weighted by atomic mass is 10.1. The van der Waals surface area contributed by atoms with E-state index in [0.29, 0.717) is 0 Å². The van der Waals surface area contributed by atoms with Gasteiger partial charge < -0.3 is 0 Å². The van der Waals surface area contributed by atoms with E-state index in [4.69, 9.17) is 0 Å². The van der Waals surface area contributed by atoms with Gasteiger partial charge in [-0.05, 0) is 19.8 Å². The maximum Gasteiger partial charge on any atom is -0.0282 e. The second-order valence-electron chi connectivity index (χ2n) is 3.23. The first-order valence-corrected chi connectivity index (χ1v) is 6.54. The fraction of sp³-hybridized carbons (Fsp3) is 0.733. The van der Waals surface area contributed by atoms with Gasteiger partial charge in [-0.25, -0.2) is 0 Å². The molecule has 15 heavy (non-hydrogen) atoms. The zero-order chi connectivity index (χ0) is 12.5. The molecule has 0 aromatic heterocycles. The number of allylic oxidation sites excluding steroid dienone is 3. The minimum absolute atomic E-state index is 1.20. The van der Waals surface area contributed by atoms with Crippen LogP contribution in [0.5, 0.6) is 0 Å². The quantitative estimate of drug-likeness (QED) is 0.379. The molecule has 0 N–H and O–H groups in total. The van der Waals surface area contributed by atoms with Crippen LogP contribution in [0.4, 0.5) is 0 Å². The van der Waals surface area contributed by atoms with E-state index < -0.39 is 0 Å². The van der Waals surface area contributed by atoms with Crippen LogP contribution in [0.1, 0.15) is 73.6 Å². The second-order valence-corrected chi connectivity index (χ2v) is 3.23. The second kappa shape index (κ2) is 23.4. The van der Waals surface area contributed by atoms with E-state index in [1.54, 1.807) is 0 Å². The fourth-order valence-corrected chi connectivity index (χ4v) is 0.943. The summed E-state index contributed by atoms with van der Waals surface area (Å²) in [6.07, 6.45) is 10.5. The van der Waals surface area contributed by atoms with Crippen molar-refractivity contribution in [1.29, 1.82) is 0 Å². The highest BCUT2D eigenvalue weighted by Gasteiger charge is 1.88. The van der Waals surface area contributed by atoms with E-state index in [-0.39, 0.29) is 0 Å². The molecule has 0 unspecified atom stereocenters. The monoisotopic (exact) mass is 212 g/mol. The molecule has 0 nitrogen and oxygen atoms in total. The Hall–Kier alpha value is -0.520. The van der Waals surface area contributed by atoms with Gasteiger partial charge >= 0.3 is 0 Å². The number of unbranched alkanes of at least 4 members (excludes halogenated alkanes) is 2. The lowest BCUT2D eigenvalue weighted by molar-refractivity contribution is 0.719. The first kappa shape index (κ1) is 20.0. The van der Waals surface area contributed by atoms with Gasteiger partial charge in [0.1, 0.15) is 0 Å². The van der Waals surface area contributed by atoms with Gasteiger partial charge in [0.2, 0.25) is 0 Å². The Balaban J connectivity index is -0.000000245. The highest BCUT2D eigenvalue weighted by atomic mass is 13.9. The van der Waals surface area contributed by atoms with Crippen molar-refractivity contribution in [1.82, 2.24) is 0 Å². The maximum atomic E-state index is 3.74. The summed E-state index contributed by atoms with van der Waals surface area (Å²) in [5, 5.41) is 0. The van der Waals surface area contributed by atoms with Crippen molar-refractivity contribution < 1.29 is 0 Å². The lowest BCUT2D eigenvalue weighted by Crippen LogP contribution is -1.78. The molecule has 0 fully saturated rings. The average Bonchev–Trinajstić information content (AvgIpc) is 2.28. The van der Waals surface area contributed by atoms with Crippen LogP contribution in [0.2, 0.25) is 0 Å². The Morgan fingerprint density at radius 2 is 1.53 bits per heavy atom. The SMILES string of the molecule is C=C/C(=C\C)CCCCC.CC.CCC. The molecule has 0 radical (unpaired) electrons. The zero-order valence-electron chi connectivity index (χ0n) is 11.9. The third-order valence-electron chi connectivity index (χ3n) is 1.70. The van der Waals surface area contributed by atoms with Crippen LogP contribution in [-0.4, -0.2) is 0 Å². The number of hydrogen-bond acceptors (Lipinski definition) is 0. The molecule has 0 heterocycles. The van der Waals surface area contributed by atoms with Gasteiger partial charge in [-0.3, -0.25) is 0 Å². The summed E-state index contributed by atoms with van der Waals surface area (Å²) < 4.78 is 0. The van der Waals surface area contributed by atoms with Crippen LogP contribution in [0.15, 0.2) is 24.3 Å². The molecule has 0 amide bonds. The summed E-state index contributed by atoms with van der Waals surface area (Å²) in [6, 6.07) is 0. The first-order valence-electron chi connectivity index (χ1n) is 6.54. The van der Waals surface area contributed by atoms with E-state index in [0.717, 1.165) is 0 Å². The van der Waals surface area contributed by atoms with Crippen LogP contribution in [0.3, 0.4) is 0 Å². The van der Waals surface area contributed by atoms with Crippen LogP contribution < -0.4 is 0 Å². The molecule has 0 spiro atoms. The molecule has 0 aliphatic heterocycles. The minimum Gasteiger partial charge on any atom is -0.0988 e. The molecule has 0 atom stereocenters. The van der Waals surface area contributed by atoms with Crippen molar-refractivity contribution in [2.24, 2.45) is 0 Å². The summed E-state index contributed by atoms with van der Waals surface area (Å²) >= 11 is 0. The van der Waals surface area contributed by atoms with Gasteiger partial charge in [0.25, 0.3) is 0 Å². The van der Waals surface area contributed by atoms with Gasteiger partial charge in [0.05, 0.1) is 0 Å². The fourth-order valence-electron chi connectivity index (χ4n) is 0.943. The topological polar surface area (TPSA) is 0 Å². The first-order chi connectivity index (χ1) is 7.26. The molecule has 0 aliphatic rings. The predicted octanol–water partition coefficient (Wildman–Crippen LogP) is 6.14. The Labute approximate surface area is 98.5 Å². The van der Waals surface area contributed by atoms with Crippen molar-refractivity contribution in [2.45, 2.75) is 73.6 Å². The minimum atomic E-state index is 1.20. The van der Waals surface area contributed by atoms with Gasteiger partial charge in [-0.15, -0.1) is 0 Å². The summed E-state index contributed by atoms with van der Waals surface area (Å²) in [5.74, 6) is 0. The van der Waals surface area contributed by atoms with Crippen molar-refractivity contribution in [3.63, 3.8) is 0 Å². The Morgan fingerprint density at radius 3 is 1.80 bits per heavy atom. The van der Waals surface area contributed by atoms with Gasteiger partial charge in [-0.1, -0.05) is 78.2 Å². The molecule has 0 rings (SSSR count). The highest BCUT2D eigenvalue weighted by Crippen LogP contribution is 2.08. The smallest absolute Gasteiger partial charge is 0.0282 e. The molecular weight excluding hydrogens is 180 g/mol. The summed E-state index contributed by atoms with van der Waals surface area (Å²) in [7, 11) is 0. The summed E-state index contributed by atoms with van der Waals surface area (Å²) in [4.78, 5) is 0. The van der Waals surface area contributed by atoms with Crippen LogP contribution >= 0.6 is 0 Å². The molecule has 0 heteroatoms. The maximum absolute atomic E-state index is 3.74. The van der Waals surface area contributed by atoms with E-state index in [2.05, 4.69) is 40.3 Å². The van der Waals surface area contributed by atoms with Crippen LogP contribution in [-0.2, 0) is 0 Å². The Kier molecular flexibility index (Phi) is 31.1. The Bertz CT molecular complexity index is 120. The van der Waals surface area contributed by atoms with Crippen LogP contribution in [0.25, 0.3) is 0 Å². The normalized spacial score (nSPS) is 9.33. The standard InChI is InChI=1S/C10H18.C3H8.C2H6/c1-4-7-8-9-10(5-2)6-3;1-3-2;1-2/h5-6H,2,4,7-9H2,1,3H3;3H2,1-2H3;1-2H3/b10-6+;;. The molecule has 0 aliphatic carbocycles. The Morgan fingerprint density at radius 1 is 1.07 bits per heavy atom. The van der Waals surface area contributed by atoms with Crippen molar-refractivity contribution in [2.75, 3.05) is 0 Å². The molecule has 0 saturated heterocycles. The third-order valence-corrected chi connectivity index (χ3v) is 1.70. The number of hydrogen-bond donors (Lipinski definition) is 0. The van der Waals surface area contributed by atoms with Crippen molar-refractivity contribution >= 4 is 0 Å². The molecule has 0 bridgehead atoms. The molecule has 0 aromatic rings. The van der Waals surface area contributed by atoms with E-state index in [9.17, 15) is 0 Å². The van der Waals surface area contributed by atoms with Crippen LogP contribution in [0, 0.1) is 0 Å². The molecule has 92 valence electrons. The van der Waals surface area contributed by atoms with Crippen molar-refractivity contribution in [3.8, 4) is 0 Å². The van der Waals surface area contributed by atoms with Crippen molar-refractivity contribution in [3.05, 3.63) is 24.3 Å². The predicted molar refractivity (Wildman–Crippen MR) is 75.4 cm³/mol. The zero-order valence-corrected chi connectivity index (χ0v) is 11.9. The summed E-state index contributed by atoms with van der Waals surface area (Å²) in [5.41, 5.74) is 1.38. The molecule has 0 saturated carbocycles. The average molecular weight is 212 g/mol. The highest BCUT2D eigenvalue weighted by molar-refractivity contribution is 5.14. The van der Waals surface area contributed by atoms with Gasteiger partial charge in [0.15, 0.2) is 0 Å². The van der Waals surface area contributed by atoms with Gasteiger partial charge in [-0.2, -0.15) is 0 Å². The molecular formula is C15H32.